The first-order valence-corrected chi connectivity index (χ1v) is 5.59. The van der Waals surface area contributed by atoms with E-state index in [0.29, 0.717) is 19.3 Å². The average Bonchev–Trinajstić information content (AvgIpc) is 2.37. The van der Waals surface area contributed by atoms with Crippen molar-refractivity contribution in [3.63, 3.8) is 0 Å². The number of carboxylic acids is 1. The molecule has 5 nitrogen and oxygen atoms in total. The number of rotatable bonds is 7. The fourth-order valence-corrected chi connectivity index (χ4v) is 1.56. The minimum absolute atomic E-state index is 0.327. The third-order valence-corrected chi connectivity index (χ3v) is 2.92. The van der Waals surface area contributed by atoms with Crippen molar-refractivity contribution in [3.05, 3.63) is 29.8 Å². The molecule has 1 aromatic rings. The monoisotopic (exact) mass is 251 g/mol. The largest absolute Gasteiger partial charge is 0.497 e. The Morgan fingerprint density at radius 3 is 2.50 bits per heavy atom. The zero-order valence-electron chi connectivity index (χ0n) is 10.5. The number of aliphatic carboxylic acids is 1. The Morgan fingerprint density at radius 1 is 1.44 bits per heavy atom. The second-order valence-corrected chi connectivity index (χ2v) is 4.25. The van der Waals surface area contributed by atoms with Crippen LogP contribution >= 0.6 is 0 Å². The summed E-state index contributed by atoms with van der Waals surface area (Å²) >= 11 is 0. The Morgan fingerprint density at radius 2 is 2.06 bits per heavy atom. The summed E-state index contributed by atoms with van der Waals surface area (Å²) in [5.74, 6) is -0.283. The highest BCUT2D eigenvalue weighted by atomic mass is 16.5. The molecule has 0 heterocycles. The van der Waals surface area contributed by atoms with Crippen LogP contribution in [0.1, 0.15) is 18.9 Å². The normalized spacial score (nSPS) is 13.4. The molecule has 5 heteroatoms. The van der Waals surface area contributed by atoms with Gasteiger partial charge in [-0.15, -0.1) is 0 Å². The van der Waals surface area contributed by atoms with Gasteiger partial charge in [-0.05, 0) is 37.5 Å². The highest BCUT2D eigenvalue weighted by Crippen LogP contribution is 2.17. The molecule has 2 N–H and O–H groups in total. The van der Waals surface area contributed by atoms with E-state index in [1.165, 1.54) is 6.92 Å². The maximum absolute atomic E-state index is 11.1. The molecule has 1 unspecified atom stereocenters. The van der Waals surface area contributed by atoms with E-state index in [9.17, 15) is 9.59 Å². The van der Waals surface area contributed by atoms with Crippen LogP contribution in [-0.2, 0) is 16.0 Å². The van der Waals surface area contributed by atoms with E-state index in [0.717, 1.165) is 11.3 Å². The van der Waals surface area contributed by atoms with Crippen LogP contribution in [0.25, 0.3) is 0 Å². The second kappa shape index (κ2) is 6.05. The number of hydrogen-bond donors (Lipinski definition) is 2. The second-order valence-electron chi connectivity index (χ2n) is 4.25. The molecule has 1 aromatic carbocycles. The number of hydrogen-bond acceptors (Lipinski definition) is 3. The lowest BCUT2D eigenvalue weighted by molar-refractivity contribution is -0.145. The first-order valence-electron chi connectivity index (χ1n) is 5.59. The number of carboxylic acid groups (broad SMARTS) is 1. The summed E-state index contributed by atoms with van der Waals surface area (Å²) < 4.78 is 5.04. The molecule has 18 heavy (non-hydrogen) atoms. The molecule has 0 saturated heterocycles. The van der Waals surface area contributed by atoms with Crippen LogP contribution in [0.15, 0.2) is 24.3 Å². The summed E-state index contributed by atoms with van der Waals surface area (Å²) in [6, 6.07) is 7.39. The van der Waals surface area contributed by atoms with E-state index in [4.69, 9.17) is 9.84 Å². The van der Waals surface area contributed by atoms with E-state index >= 15 is 0 Å². The Kier molecular flexibility index (Phi) is 4.71. The van der Waals surface area contributed by atoms with Gasteiger partial charge in [-0.2, -0.15) is 0 Å². The average molecular weight is 251 g/mol. The van der Waals surface area contributed by atoms with E-state index in [1.807, 2.05) is 24.3 Å². The quantitative estimate of drug-likeness (QED) is 0.714. The predicted molar refractivity (Wildman–Crippen MR) is 66.6 cm³/mol. The topological polar surface area (TPSA) is 75.6 Å². The van der Waals surface area contributed by atoms with Gasteiger partial charge in [-0.1, -0.05) is 12.1 Å². The van der Waals surface area contributed by atoms with Crippen LogP contribution in [-0.4, -0.2) is 30.1 Å². The molecule has 0 saturated carbocycles. The Bertz CT molecular complexity index is 416. The van der Waals surface area contributed by atoms with Gasteiger partial charge >= 0.3 is 5.97 Å². The van der Waals surface area contributed by atoms with Gasteiger partial charge in [0.15, 0.2) is 0 Å². The molecule has 0 aromatic heterocycles. The highest BCUT2D eigenvalue weighted by molar-refractivity contribution is 5.80. The van der Waals surface area contributed by atoms with Crippen molar-refractivity contribution >= 4 is 12.4 Å². The molecule has 0 bridgehead atoms. The maximum atomic E-state index is 11.1. The predicted octanol–water partition coefficient (Wildman–Crippen LogP) is 1.22. The van der Waals surface area contributed by atoms with Gasteiger partial charge in [0, 0.05) is 0 Å². The van der Waals surface area contributed by atoms with Gasteiger partial charge in [0.2, 0.25) is 6.41 Å². The Balaban J connectivity index is 2.66. The van der Waals surface area contributed by atoms with E-state index in [1.54, 1.807) is 7.11 Å². The van der Waals surface area contributed by atoms with Gasteiger partial charge in [0.1, 0.15) is 11.3 Å². The molecule has 0 aliphatic heterocycles. The van der Waals surface area contributed by atoms with Crippen molar-refractivity contribution in [2.75, 3.05) is 7.11 Å². The van der Waals surface area contributed by atoms with Crippen LogP contribution in [0, 0.1) is 0 Å². The number of ether oxygens (including phenoxy) is 1. The van der Waals surface area contributed by atoms with Crippen molar-refractivity contribution < 1.29 is 19.4 Å². The zero-order valence-corrected chi connectivity index (χ0v) is 10.5. The minimum Gasteiger partial charge on any atom is -0.497 e. The summed E-state index contributed by atoms with van der Waals surface area (Å²) in [5, 5.41) is 11.4. The summed E-state index contributed by atoms with van der Waals surface area (Å²) in [6.07, 6.45) is 1.31. The number of benzene rings is 1. The van der Waals surface area contributed by atoms with Gasteiger partial charge < -0.3 is 15.2 Å². The molecule has 0 radical (unpaired) electrons. The number of methoxy groups -OCH3 is 1. The van der Waals surface area contributed by atoms with Crippen molar-refractivity contribution in [1.82, 2.24) is 5.32 Å². The van der Waals surface area contributed by atoms with E-state index in [2.05, 4.69) is 5.32 Å². The molecule has 0 fully saturated rings. The summed E-state index contributed by atoms with van der Waals surface area (Å²) in [7, 11) is 1.59. The number of carbonyl (C=O) groups is 2. The number of amides is 1. The molecule has 1 atom stereocenters. The first kappa shape index (κ1) is 14.0. The van der Waals surface area contributed by atoms with Crippen LogP contribution in [0.4, 0.5) is 0 Å². The fraction of sp³-hybridized carbons (Fsp3) is 0.385. The smallest absolute Gasteiger partial charge is 0.329 e. The summed E-state index contributed by atoms with van der Waals surface area (Å²) in [4.78, 5) is 21.5. The zero-order chi connectivity index (χ0) is 13.6. The van der Waals surface area contributed by atoms with Crippen LogP contribution in [0.3, 0.4) is 0 Å². The summed E-state index contributed by atoms with van der Waals surface area (Å²) in [5.41, 5.74) is -0.238. The number of aryl methyl sites for hydroxylation is 1. The Labute approximate surface area is 106 Å². The van der Waals surface area contributed by atoms with Crippen molar-refractivity contribution in [2.45, 2.75) is 25.3 Å². The molecule has 0 aliphatic rings. The van der Waals surface area contributed by atoms with Crippen LogP contribution in [0.2, 0.25) is 0 Å². The summed E-state index contributed by atoms with van der Waals surface area (Å²) in [6.45, 7) is 1.49. The van der Waals surface area contributed by atoms with Gasteiger partial charge in [0.05, 0.1) is 7.11 Å². The molecule has 98 valence electrons. The third-order valence-electron chi connectivity index (χ3n) is 2.92. The van der Waals surface area contributed by atoms with Crippen LogP contribution < -0.4 is 10.1 Å². The van der Waals surface area contributed by atoms with Gasteiger partial charge in [0.25, 0.3) is 0 Å². The van der Waals surface area contributed by atoms with Gasteiger partial charge in [-0.25, -0.2) is 4.79 Å². The number of carbonyl (C=O) groups excluding carboxylic acids is 1. The standard InChI is InChI=1S/C13H17NO4/c1-13(12(16)17,14-9-15)8-7-10-3-5-11(18-2)6-4-10/h3-6,9H,7-8H2,1-2H3,(H,14,15)(H,16,17). The van der Waals surface area contributed by atoms with Crippen molar-refractivity contribution in [3.8, 4) is 5.75 Å². The van der Waals surface area contributed by atoms with Crippen LogP contribution in [0.5, 0.6) is 5.75 Å². The van der Waals surface area contributed by atoms with Gasteiger partial charge in [-0.3, -0.25) is 4.79 Å². The highest BCUT2D eigenvalue weighted by Gasteiger charge is 2.31. The SMILES string of the molecule is COc1ccc(CCC(C)(NC=O)C(=O)O)cc1. The maximum Gasteiger partial charge on any atom is 0.329 e. The molecular formula is C13H17NO4. The molecule has 1 amide bonds. The van der Waals surface area contributed by atoms with Crippen molar-refractivity contribution in [1.29, 1.82) is 0 Å². The first-order chi connectivity index (χ1) is 8.51. The lowest BCUT2D eigenvalue weighted by Crippen LogP contribution is -2.49. The molecule has 1 rings (SSSR count). The number of nitrogens with one attached hydrogen (secondary N) is 1. The lowest BCUT2D eigenvalue weighted by atomic mass is 9.93. The lowest BCUT2D eigenvalue weighted by Gasteiger charge is -2.23. The molecular weight excluding hydrogens is 234 g/mol. The molecule has 0 spiro atoms. The molecule has 0 aliphatic carbocycles. The fourth-order valence-electron chi connectivity index (χ4n) is 1.56. The third kappa shape index (κ3) is 3.48. The minimum atomic E-state index is -1.23. The van der Waals surface area contributed by atoms with E-state index < -0.39 is 11.5 Å². The van der Waals surface area contributed by atoms with Crippen molar-refractivity contribution in [2.24, 2.45) is 0 Å². The van der Waals surface area contributed by atoms with E-state index in [-0.39, 0.29) is 0 Å². The Hall–Kier alpha value is -2.04.